The molecule has 1 unspecified atom stereocenters. The molecule has 6 rings (SSSR count). The maximum atomic E-state index is 15.4. The average molecular weight is 522 g/mol. The van der Waals surface area contributed by atoms with Crippen molar-refractivity contribution in [2.24, 2.45) is 0 Å². The molecule has 1 saturated heterocycles. The zero-order chi connectivity index (χ0) is 26.4. The molecule has 0 radical (unpaired) electrons. The summed E-state index contributed by atoms with van der Waals surface area (Å²) in [7, 11) is 2.00. The molecule has 9 nitrogen and oxygen atoms in total. The van der Waals surface area contributed by atoms with Crippen molar-refractivity contribution in [2.45, 2.75) is 25.4 Å². The van der Waals surface area contributed by atoms with E-state index in [4.69, 9.17) is 4.42 Å². The first-order valence-corrected chi connectivity index (χ1v) is 12.0. The highest BCUT2D eigenvalue weighted by molar-refractivity contribution is 5.83. The summed E-state index contributed by atoms with van der Waals surface area (Å²) in [4.78, 5) is 24.4. The third kappa shape index (κ3) is 4.26. The number of rotatable bonds is 6. The standard InChI is InChI=1S/C26H22F3N7O2/c1-34-8-6-18(14-34)36-22-9-19(15-3-2-7-30-11-15)20(27)10-21(22)35(26(36)37)13-17-5-4-16(12-31-17)24-32-33-25(38-24)23(28)29/h2-5,7,9-12,18,23H,6,8,13-14H2,1H3. The van der Waals surface area contributed by atoms with Gasteiger partial charge in [-0.15, -0.1) is 10.2 Å². The zero-order valence-corrected chi connectivity index (χ0v) is 20.3. The lowest BCUT2D eigenvalue weighted by atomic mass is 10.1. The fourth-order valence-electron chi connectivity index (χ4n) is 4.91. The number of likely N-dealkylation sites (N-methyl/N-ethyl adjacent to an activating group) is 1. The van der Waals surface area contributed by atoms with E-state index in [0.717, 1.165) is 13.0 Å². The molecule has 194 valence electrons. The van der Waals surface area contributed by atoms with Gasteiger partial charge < -0.3 is 9.32 Å². The van der Waals surface area contributed by atoms with Gasteiger partial charge in [-0.3, -0.25) is 19.1 Å². The highest BCUT2D eigenvalue weighted by Crippen LogP contribution is 2.31. The van der Waals surface area contributed by atoms with Crippen LogP contribution in [-0.2, 0) is 6.54 Å². The van der Waals surface area contributed by atoms with E-state index in [9.17, 15) is 13.6 Å². The number of fused-ring (bicyclic) bond motifs is 1. The normalized spacial score (nSPS) is 16.2. The molecule has 0 N–H and O–H groups in total. The van der Waals surface area contributed by atoms with Gasteiger partial charge in [0.05, 0.1) is 34.9 Å². The van der Waals surface area contributed by atoms with E-state index in [2.05, 4.69) is 25.1 Å². The van der Waals surface area contributed by atoms with E-state index in [1.807, 2.05) is 7.05 Å². The number of halogens is 3. The second-order valence-electron chi connectivity index (χ2n) is 9.29. The molecular weight excluding hydrogens is 499 g/mol. The van der Waals surface area contributed by atoms with Crippen molar-refractivity contribution in [1.82, 2.24) is 34.2 Å². The van der Waals surface area contributed by atoms with Gasteiger partial charge in [-0.2, -0.15) is 8.78 Å². The molecule has 1 fully saturated rings. The molecule has 1 aromatic carbocycles. The molecule has 38 heavy (non-hydrogen) atoms. The van der Waals surface area contributed by atoms with Gasteiger partial charge in [0.2, 0.25) is 5.89 Å². The van der Waals surface area contributed by atoms with Crippen LogP contribution in [0.2, 0.25) is 0 Å². The number of hydrogen-bond acceptors (Lipinski definition) is 7. The van der Waals surface area contributed by atoms with Crippen molar-refractivity contribution < 1.29 is 17.6 Å². The predicted molar refractivity (Wildman–Crippen MR) is 132 cm³/mol. The topological polar surface area (TPSA) is 94.9 Å². The molecule has 0 saturated carbocycles. The van der Waals surface area contributed by atoms with E-state index >= 15 is 4.39 Å². The first kappa shape index (κ1) is 24.0. The summed E-state index contributed by atoms with van der Waals surface area (Å²) in [6, 6.07) is 9.79. The molecule has 0 spiro atoms. The van der Waals surface area contributed by atoms with Crippen LogP contribution in [0.25, 0.3) is 33.6 Å². The molecule has 5 heterocycles. The van der Waals surface area contributed by atoms with Crippen LogP contribution in [0.1, 0.15) is 30.5 Å². The Balaban J connectivity index is 1.41. The van der Waals surface area contributed by atoms with Crippen LogP contribution in [0.4, 0.5) is 13.2 Å². The predicted octanol–water partition coefficient (Wildman–Crippen LogP) is 4.31. The highest BCUT2D eigenvalue weighted by atomic mass is 19.3. The zero-order valence-electron chi connectivity index (χ0n) is 20.3. The van der Waals surface area contributed by atoms with Gasteiger partial charge in [-0.05, 0) is 44.3 Å². The van der Waals surface area contributed by atoms with E-state index in [0.29, 0.717) is 40.0 Å². The molecule has 1 atom stereocenters. The molecule has 5 aromatic rings. The summed E-state index contributed by atoms with van der Waals surface area (Å²) in [6.07, 6.45) is 2.55. The van der Waals surface area contributed by atoms with Crippen molar-refractivity contribution >= 4 is 11.0 Å². The third-order valence-electron chi connectivity index (χ3n) is 6.77. The number of hydrogen-bond donors (Lipinski definition) is 0. The lowest BCUT2D eigenvalue weighted by Crippen LogP contribution is -2.29. The Morgan fingerprint density at radius 3 is 2.63 bits per heavy atom. The highest BCUT2D eigenvalue weighted by Gasteiger charge is 2.27. The van der Waals surface area contributed by atoms with E-state index in [1.165, 1.54) is 16.8 Å². The van der Waals surface area contributed by atoms with E-state index in [1.54, 1.807) is 47.3 Å². The Labute approximate surface area is 214 Å². The minimum absolute atomic E-state index is 0.0552. The Hall–Kier alpha value is -4.32. The van der Waals surface area contributed by atoms with Gasteiger partial charge in [-0.25, -0.2) is 9.18 Å². The van der Waals surface area contributed by atoms with Crippen molar-refractivity contribution in [3.63, 3.8) is 0 Å². The van der Waals surface area contributed by atoms with Gasteiger partial charge in [0.1, 0.15) is 5.82 Å². The average Bonchev–Trinajstić information content (AvgIpc) is 3.64. The second-order valence-corrected chi connectivity index (χ2v) is 9.29. The Kier molecular flexibility index (Phi) is 6.03. The van der Waals surface area contributed by atoms with Crippen LogP contribution in [0, 0.1) is 5.82 Å². The number of aromatic nitrogens is 6. The third-order valence-corrected chi connectivity index (χ3v) is 6.77. The Morgan fingerprint density at radius 2 is 1.97 bits per heavy atom. The molecular formula is C26H22F3N7O2. The minimum atomic E-state index is -2.87. The van der Waals surface area contributed by atoms with Crippen LogP contribution in [-0.4, -0.2) is 54.3 Å². The summed E-state index contributed by atoms with van der Waals surface area (Å²) >= 11 is 0. The van der Waals surface area contributed by atoms with Gasteiger partial charge in [-0.1, -0.05) is 6.07 Å². The van der Waals surface area contributed by atoms with Gasteiger partial charge in [0.25, 0.3) is 5.89 Å². The second kappa shape index (κ2) is 9.53. The van der Waals surface area contributed by atoms with E-state index in [-0.39, 0.29) is 24.2 Å². The lowest BCUT2D eigenvalue weighted by molar-refractivity contribution is 0.116. The van der Waals surface area contributed by atoms with Crippen molar-refractivity contribution in [1.29, 1.82) is 0 Å². The summed E-state index contributed by atoms with van der Waals surface area (Å²) < 4.78 is 49.1. The maximum Gasteiger partial charge on any atom is 0.329 e. The monoisotopic (exact) mass is 521 g/mol. The van der Waals surface area contributed by atoms with Crippen LogP contribution in [0.5, 0.6) is 0 Å². The number of alkyl halides is 2. The Morgan fingerprint density at radius 1 is 1.11 bits per heavy atom. The summed E-state index contributed by atoms with van der Waals surface area (Å²) in [5, 5.41) is 6.95. The van der Waals surface area contributed by atoms with Crippen LogP contribution in [0.15, 0.2) is 64.2 Å². The molecule has 1 aliphatic heterocycles. The fraction of sp³-hybridized carbons (Fsp3) is 0.269. The first-order chi connectivity index (χ1) is 18.4. The fourth-order valence-corrected chi connectivity index (χ4v) is 4.91. The number of benzene rings is 1. The minimum Gasteiger partial charge on any atom is -0.415 e. The molecule has 0 bridgehead atoms. The van der Waals surface area contributed by atoms with Crippen molar-refractivity contribution in [3.05, 3.63) is 82.9 Å². The number of imidazole rings is 1. The molecule has 1 aliphatic rings. The SMILES string of the molecule is CN1CCC(n2c(=O)n(Cc3ccc(-c4nnc(C(F)F)o4)cn3)c3cc(F)c(-c4cccnc4)cc32)C1. The number of nitrogens with zero attached hydrogens (tertiary/aromatic N) is 7. The maximum absolute atomic E-state index is 15.4. The number of pyridine rings is 2. The molecule has 12 heteroatoms. The summed E-state index contributed by atoms with van der Waals surface area (Å²) in [5.41, 5.74) is 2.71. The quantitative estimate of drug-likeness (QED) is 0.329. The van der Waals surface area contributed by atoms with Crippen LogP contribution in [0.3, 0.4) is 0 Å². The summed E-state index contributed by atoms with van der Waals surface area (Å²) in [5.74, 6) is -1.31. The largest absolute Gasteiger partial charge is 0.415 e. The lowest BCUT2D eigenvalue weighted by Gasteiger charge is -2.13. The Bertz CT molecular complexity index is 1660. The van der Waals surface area contributed by atoms with Crippen LogP contribution < -0.4 is 5.69 Å². The first-order valence-electron chi connectivity index (χ1n) is 12.0. The van der Waals surface area contributed by atoms with Crippen molar-refractivity contribution in [2.75, 3.05) is 20.1 Å². The number of likely N-dealkylation sites (tertiary alicyclic amines) is 1. The van der Waals surface area contributed by atoms with Crippen LogP contribution >= 0.6 is 0 Å². The van der Waals surface area contributed by atoms with Gasteiger partial charge in [0.15, 0.2) is 0 Å². The molecule has 4 aromatic heterocycles. The van der Waals surface area contributed by atoms with Gasteiger partial charge >= 0.3 is 12.1 Å². The molecule has 0 amide bonds. The smallest absolute Gasteiger partial charge is 0.329 e. The summed E-state index contributed by atoms with van der Waals surface area (Å²) in [6.45, 7) is 1.64. The van der Waals surface area contributed by atoms with Gasteiger partial charge in [0, 0.05) is 42.3 Å². The molecule has 0 aliphatic carbocycles. The van der Waals surface area contributed by atoms with E-state index < -0.39 is 18.1 Å². The van der Waals surface area contributed by atoms with Crippen molar-refractivity contribution in [3.8, 4) is 22.6 Å².